The van der Waals surface area contributed by atoms with Gasteiger partial charge in [0, 0.05) is 0 Å². The zero-order chi connectivity index (χ0) is 9.45. The zero-order valence-corrected chi connectivity index (χ0v) is 11.7. The molecule has 0 aromatic rings. The van der Waals surface area contributed by atoms with Crippen LogP contribution in [-0.2, 0) is 4.12 Å². The summed E-state index contributed by atoms with van der Waals surface area (Å²) < 4.78 is 5.60. The first-order valence-corrected chi connectivity index (χ1v) is 8.71. The number of allylic oxidation sites excluding steroid dienone is 1. The molecule has 0 aliphatic rings. The van der Waals surface area contributed by atoms with Gasteiger partial charge in [-0.2, -0.15) is 0 Å². The summed E-state index contributed by atoms with van der Waals surface area (Å²) in [5.74, 6) is 0. The molecule has 1 nitrogen and oxygen atoms in total. The third-order valence-electron chi connectivity index (χ3n) is 2.24. The van der Waals surface area contributed by atoms with Crippen LogP contribution in [0.4, 0.5) is 0 Å². The predicted molar refractivity (Wildman–Crippen MR) is 62.0 cm³/mol. The number of hydrogen-bond donors (Lipinski definition) is 0. The summed E-state index contributed by atoms with van der Waals surface area (Å²) in [7, 11) is -0.289. The summed E-state index contributed by atoms with van der Waals surface area (Å²) in [5, 5.41) is 0. The van der Waals surface area contributed by atoms with Crippen molar-refractivity contribution in [2.24, 2.45) is 0 Å². The van der Waals surface area contributed by atoms with E-state index in [-0.39, 0.29) is 0 Å². The molecular weight excluding hydrogens is 180 g/mol. The van der Waals surface area contributed by atoms with E-state index in [1.54, 1.807) is 0 Å². The molecule has 0 aliphatic heterocycles. The second kappa shape index (κ2) is 6.63. The topological polar surface area (TPSA) is 9.23 Å². The van der Waals surface area contributed by atoms with Gasteiger partial charge in [0.2, 0.25) is 0 Å². The van der Waals surface area contributed by atoms with Crippen LogP contribution in [0.2, 0.25) is 19.1 Å². The number of unbranched alkanes of at least 4 members (excludes halogenated alkanes) is 3. The molecule has 0 saturated heterocycles. The summed E-state index contributed by atoms with van der Waals surface area (Å²) in [6, 6.07) is 1.33. The minimum atomic E-state index is -1.20. The van der Waals surface area contributed by atoms with Crippen LogP contribution in [0.15, 0.2) is 12.7 Å². The van der Waals surface area contributed by atoms with Crippen molar-refractivity contribution in [2.75, 3.05) is 0 Å². The lowest BCUT2D eigenvalue weighted by molar-refractivity contribution is 0.591. The van der Waals surface area contributed by atoms with Crippen molar-refractivity contribution < 1.29 is 4.12 Å². The fraction of sp³-hybridized carbons (Fsp3) is 0.778. The Hall–Kier alpha value is 0.134. The van der Waals surface area contributed by atoms with Crippen LogP contribution >= 0.6 is 0 Å². The maximum Gasteiger partial charge on any atom is 0.172 e. The minimum Gasteiger partial charge on any atom is -0.463 e. The highest BCUT2D eigenvalue weighted by molar-refractivity contribution is 6.73. The van der Waals surface area contributed by atoms with E-state index < -0.39 is 8.32 Å². The van der Waals surface area contributed by atoms with Crippen molar-refractivity contribution in [1.29, 1.82) is 0 Å². The maximum atomic E-state index is 5.60. The third kappa shape index (κ3) is 6.82. The van der Waals surface area contributed by atoms with Gasteiger partial charge in [-0.3, -0.25) is 0 Å². The van der Waals surface area contributed by atoms with Gasteiger partial charge in [0.15, 0.2) is 8.32 Å². The monoisotopic (exact) mass is 202 g/mol. The number of rotatable bonds is 7. The molecular formula is C9H22OSi2. The Balaban J connectivity index is 3.24. The van der Waals surface area contributed by atoms with Gasteiger partial charge in [-0.1, -0.05) is 18.9 Å². The largest absolute Gasteiger partial charge is 0.463 e. The first-order valence-electron chi connectivity index (χ1n) is 4.78. The molecule has 0 aliphatic carbocycles. The fourth-order valence-electron chi connectivity index (χ4n) is 1.12. The van der Waals surface area contributed by atoms with Crippen molar-refractivity contribution in [3.63, 3.8) is 0 Å². The van der Waals surface area contributed by atoms with Crippen molar-refractivity contribution in [2.45, 2.75) is 44.8 Å². The lowest BCUT2D eigenvalue weighted by atomic mass is 10.2. The standard InChI is InChI=1S/C9H22OSi2/c1-4-5-6-7-8-9-12(2,3)10-11/h4H,1,5-9H2,2-3,11H3. The molecule has 0 fully saturated rings. The lowest BCUT2D eigenvalue weighted by Gasteiger charge is -2.20. The molecule has 0 heterocycles. The predicted octanol–water partition coefficient (Wildman–Crippen LogP) is 2.23. The highest BCUT2D eigenvalue weighted by Gasteiger charge is 2.18. The van der Waals surface area contributed by atoms with E-state index in [0.29, 0.717) is 0 Å². The second-order valence-electron chi connectivity index (χ2n) is 3.85. The molecule has 12 heavy (non-hydrogen) atoms. The zero-order valence-electron chi connectivity index (χ0n) is 8.73. The summed E-state index contributed by atoms with van der Waals surface area (Å²) in [5.41, 5.74) is 0. The Morgan fingerprint density at radius 3 is 2.50 bits per heavy atom. The van der Waals surface area contributed by atoms with Crippen LogP contribution < -0.4 is 0 Å². The third-order valence-corrected chi connectivity index (χ3v) is 8.22. The molecule has 0 aromatic heterocycles. The highest BCUT2D eigenvalue weighted by atomic mass is 28.4. The quantitative estimate of drug-likeness (QED) is 0.349. The average Bonchev–Trinajstić information content (AvgIpc) is 2.04. The van der Waals surface area contributed by atoms with Crippen LogP contribution in [-0.4, -0.2) is 18.8 Å². The van der Waals surface area contributed by atoms with Gasteiger partial charge in [-0.15, -0.1) is 6.58 Å². The van der Waals surface area contributed by atoms with Crippen LogP contribution in [0.3, 0.4) is 0 Å². The normalized spacial score (nSPS) is 11.8. The van der Waals surface area contributed by atoms with Gasteiger partial charge in [0.1, 0.15) is 10.5 Å². The molecule has 0 aromatic carbocycles. The molecule has 0 rings (SSSR count). The summed E-state index contributed by atoms with van der Waals surface area (Å²) in [4.78, 5) is 0. The molecule has 0 saturated carbocycles. The van der Waals surface area contributed by atoms with Crippen molar-refractivity contribution in [1.82, 2.24) is 0 Å². The van der Waals surface area contributed by atoms with Crippen molar-refractivity contribution >= 4 is 18.8 Å². The molecule has 3 heteroatoms. The number of hydrogen-bond acceptors (Lipinski definition) is 1. The van der Waals surface area contributed by atoms with Crippen LogP contribution in [0.25, 0.3) is 0 Å². The van der Waals surface area contributed by atoms with Gasteiger partial charge in [-0.05, 0) is 32.0 Å². The Morgan fingerprint density at radius 2 is 2.00 bits per heavy atom. The Bertz CT molecular complexity index is 124. The minimum absolute atomic E-state index is 0.913. The second-order valence-corrected chi connectivity index (χ2v) is 9.50. The Morgan fingerprint density at radius 1 is 1.33 bits per heavy atom. The van der Waals surface area contributed by atoms with E-state index >= 15 is 0 Å². The summed E-state index contributed by atoms with van der Waals surface area (Å²) in [6.45, 7) is 8.34. The van der Waals surface area contributed by atoms with Gasteiger partial charge in [0.05, 0.1) is 0 Å². The molecule has 0 unspecified atom stereocenters. The van der Waals surface area contributed by atoms with Crippen LogP contribution in [0.5, 0.6) is 0 Å². The molecule has 0 atom stereocenters. The molecule has 72 valence electrons. The van der Waals surface area contributed by atoms with E-state index in [4.69, 9.17) is 4.12 Å². The lowest BCUT2D eigenvalue weighted by Crippen LogP contribution is -2.28. The molecule has 0 amide bonds. The maximum absolute atomic E-state index is 5.60. The highest BCUT2D eigenvalue weighted by Crippen LogP contribution is 2.15. The molecule has 0 bridgehead atoms. The van der Waals surface area contributed by atoms with E-state index in [9.17, 15) is 0 Å². The van der Waals surface area contributed by atoms with Gasteiger partial charge >= 0.3 is 0 Å². The first kappa shape index (κ1) is 12.1. The van der Waals surface area contributed by atoms with E-state index in [0.717, 1.165) is 10.5 Å². The van der Waals surface area contributed by atoms with Gasteiger partial charge < -0.3 is 4.12 Å². The SMILES string of the molecule is C=CCCCCC[Si](C)(C)O[SiH3]. The van der Waals surface area contributed by atoms with Crippen LogP contribution in [0, 0.1) is 0 Å². The Kier molecular flexibility index (Phi) is 6.70. The van der Waals surface area contributed by atoms with E-state index in [1.165, 1.54) is 31.7 Å². The van der Waals surface area contributed by atoms with Crippen LogP contribution in [0.1, 0.15) is 25.7 Å². The van der Waals surface area contributed by atoms with Crippen molar-refractivity contribution in [3.8, 4) is 0 Å². The molecule has 0 radical (unpaired) electrons. The smallest absolute Gasteiger partial charge is 0.172 e. The summed E-state index contributed by atoms with van der Waals surface area (Å²) in [6.07, 6.45) is 7.16. The fourth-order valence-corrected chi connectivity index (χ4v) is 3.04. The Labute approximate surface area is 80.9 Å². The van der Waals surface area contributed by atoms with E-state index in [1.807, 2.05) is 6.08 Å². The first-order chi connectivity index (χ1) is 5.62. The van der Waals surface area contributed by atoms with Gasteiger partial charge in [0.25, 0.3) is 0 Å². The van der Waals surface area contributed by atoms with Gasteiger partial charge in [-0.25, -0.2) is 0 Å². The van der Waals surface area contributed by atoms with Crippen molar-refractivity contribution in [3.05, 3.63) is 12.7 Å². The van der Waals surface area contributed by atoms with E-state index in [2.05, 4.69) is 19.7 Å². The molecule has 0 spiro atoms. The summed E-state index contributed by atoms with van der Waals surface area (Å²) >= 11 is 0. The molecule has 0 N–H and O–H groups in total. The average molecular weight is 202 g/mol.